The Hall–Kier alpha value is -2.28. The van der Waals surface area contributed by atoms with Gasteiger partial charge < -0.3 is 0 Å². The molecule has 1 saturated heterocycles. The van der Waals surface area contributed by atoms with Gasteiger partial charge in [0, 0.05) is 10.0 Å². The highest BCUT2D eigenvalue weighted by atomic mass is 79.9. The van der Waals surface area contributed by atoms with Crippen LogP contribution in [0.25, 0.3) is 0 Å². The minimum atomic E-state index is -3.81. The van der Waals surface area contributed by atoms with Crippen molar-refractivity contribution in [2.24, 2.45) is 0 Å². The molecule has 1 heterocycles. The predicted octanol–water partition coefficient (Wildman–Crippen LogP) is 4.75. The smallest absolute Gasteiger partial charge is 0.244 e. The Morgan fingerprint density at radius 3 is 2.14 bits per heavy atom. The van der Waals surface area contributed by atoms with Gasteiger partial charge in [0.15, 0.2) is 5.78 Å². The number of hydrogen-bond acceptors (Lipinski definition) is 3. The minimum absolute atomic E-state index is 0.193. The summed E-state index contributed by atoms with van der Waals surface area (Å²) in [6.07, 6.45) is 0. The maximum atomic E-state index is 13.3. The summed E-state index contributed by atoms with van der Waals surface area (Å²) in [5.74, 6) is -0.197. The maximum Gasteiger partial charge on any atom is 0.244 e. The van der Waals surface area contributed by atoms with Gasteiger partial charge >= 0.3 is 0 Å². The van der Waals surface area contributed by atoms with Crippen molar-refractivity contribution in [3.63, 3.8) is 0 Å². The third-order valence-corrected chi connectivity index (χ3v) is 7.50. The number of hydrogen-bond donors (Lipinski definition) is 0. The Labute approximate surface area is 173 Å². The van der Waals surface area contributed by atoms with Crippen LogP contribution >= 0.6 is 15.9 Å². The van der Waals surface area contributed by atoms with Gasteiger partial charge in [0.1, 0.15) is 6.04 Å². The molecule has 6 heteroatoms. The summed E-state index contributed by atoms with van der Waals surface area (Å²) in [5, 5.41) is 0. The Bertz CT molecular complexity index is 1130. The van der Waals surface area contributed by atoms with E-state index in [0.717, 1.165) is 15.6 Å². The lowest BCUT2D eigenvalue weighted by molar-refractivity contribution is 0.0981. The number of sulfonamides is 1. The number of halogens is 1. The number of carbonyl (C=O) groups is 1. The van der Waals surface area contributed by atoms with Crippen LogP contribution < -0.4 is 0 Å². The normalized spacial score (nSPS) is 21.3. The second-order valence-electron chi connectivity index (χ2n) is 6.79. The number of ketones is 1. The van der Waals surface area contributed by atoms with E-state index in [9.17, 15) is 13.2 Å². The number of benzene rings is 3. The van der Waals surface area contributed by atoms with Crippen LogP contribution in [-0.2, 0) is 10.0 Å². The summed E-state index contributed by atoms with van der Waals surface area (Å²) >= 11 is 3.50. The summed E-state index contributed by atoms with van der Waals surface area (Å²) in [4.78, 5) is 13.3. The van der Waals surface area contributed by atoms with E-state index in [0.29, 0.717) is 5.56 Å². The van der Waals surface area contributed by atoms with Gasteiger partial charge in [-0.25, -0.2) is 8.42 Å². The van der Waals surface area contributed by atoms with E-state index >= 15 is 0 Å². The maximum absolute atomic E-state index is 13.3. The van der Waals surface area contributed by atoms with Crippen molar-refractivity contribution in [2.45, 2.75) is 23.9 Å². The van der Waals surface area contributed by atoms with Crippen molar-refractivity contribution in [3.8, 4) is 0 Å². The van der Waals surface area contributed by atoms with Crippen LogP contribution in [-0.4, -0.2) is 24.5 Å². The minimum Gasteiger partial charge on any atom is -0.292 e. The summed E-state index contributed by atoms with van der Waals surface area (Å²) in [6.45, 7) is 1.90. The van der Waals surface area contributed by atoms with Gasteiger partial charge in [0.2, 0.25) is 10.0 Å². The molecular formula is C22H18BrNO3S. The third-order valence-electron chi connectivity index (χ3n) is 4.90. The van der Waals surface area contributed by atoms with E-state index in [-0.39, 0.29) is 10.7 Å². The van der Waals surface area contributed by atoms with Crippen LogP contribution in [0.1, 0.15) is 27.5 Å². The molecule has 0 amide bonds. The lowest BCUT2D eigenvalue weighted by Crippen LogP contribution is -2.19. The zero-order valence-corrected chi connectivity index (χ0v) is 17.5. The van der Waals surface area contributed by atoms with Gasteiger partial charge in [-0.3, -0.25) is 4.79 Å². The van der Waals surface area contributed by atoms with Crippen LogP contribution in [0.3, 0.4) is 0 Å². The Kier molecular flexibility index (Phi) is 4.95. The number of carbonyl (C=O) groups excluding carboxylic acids is 1. The first-order valence-corrected chi connectivity index (χ1v) is 11.1. The van der Waals surface area contributed by atoms with Crippen molar-refractivity contribution in [3.05, 3.63) is 100 Å². The summed E-state index contributed by atoms with van der Waals surface area (Å²) in [7, 11) is -3.81. The molecule has 0 radical (unpaired) electrons. The molecule has 3 aromatic rings. The summed E-state index contributed by atoms with van der Waals surface area (Å²) in [5.41, 5.74) is 2.27. The Balaban J connectivity index is 1.78. The van der Waals surface area contributed by atoms with Crippen molar-refractivity contribution < 1.29 is 13.2 Å². The molecule has 0 bridgehead atoms. The second-order valence-corrected chi connectivity index (χ2v) is 9.49. The highest BCUT2D eigenvalue weighted by Gasteiger charge is 2.60. The molecule has 0 aliphatic carbocycles. The standard InChI is InChI=1S/C22H18BrNO3S/c1-15-11-13-17(14-12-15)28(26,27)24-20(18-9-5-6-10-19(18)23)21(24)22(25)16-7-3-2-4-8-16/h2-14,20-21H,1H3. The van der Waals surface area contributed by atoms with Crippen molar-refractivity contribution in [1.29, 1.82) is 0 Å². The van der Waals surface area contributed by atoms with Crippen LogP contribution in [0.5, 0.6) is 0 Å². The first-order valence-electron chi connectivity index (χ1n) is 8.85. The van der Waals surface area contributed by atoms with Gasteiger partial charge in [-0.2, -0.15) is 4.31 Å². The van der Waals surface area contributed by atoms with Crippen molar-refractivity contribution in [2.75, 3.05) is 0 Å². The molecule has 1 aliphatic rings. The second kappa shape index (κ2) is 7.28. The molecular weight excluding hydrogens is 438 g/mol. The molecule has 28 heavy (non-hydrogen) atoms. The highest BCUT2D eigenvalue weighted by Crippen LogP contribution is 2.50. The Morgan fingerprint density at radius 2 is 1.50 bits per heavy atom. The van der Waals surface area contributed by atoms with Crippen LogP contribution in [0.15, 0.2) is 88.2 Å². The Morgan fingerprint density at radius 1 is 0.893 bits per heavy atom. The number of rotatable bonds is 5. The van der Waals surface area contributed by atoms with E-state index in [1.165, 1.54) is 4.31 Å². The quantitative estimate of drug-likeness (QED) is 0.411. The number of Topliss-reactive ketones (excluding diaryl/α,β-unsaturated/α-hetero) is 1. The molecule has 4 nitrogen and oxygen atoms in total. The molecule has 0 N–H and O–H groups in total. The van der Waals surface area contributed by atoms with Crippen LogP contribution in [0.4, 0.5) is 0 Å². The fourth-order valence-corrected chi connectivity index (χ4v) is 5.62. The lowest BCUT2D eigenvalue weighted by Gasteiger charge is -2.08. The average molecular weight is 456 g/mol. The van der Waals surface area contributed by atoms with Gasteiger partial charge in [-0.15, -0.1) is 0 Å². The van der Waals surface area contributed by atoms with Gasteiger partial charge in [0.25, 0.3) is 0 Å². The zero-order chi connectivity index (χ0) is 19.9. The van der Waals surface area contributed by atoms with Gasteiger partial charge in [-0.1, -0.05) is 82.2 Å². The monoisotopic (exact) mass is 455 g/mol. The van der Waals surface area contributed by atoms with E-state index in [2.05, 4.69) is 15.9 Å². The largest absolute Gasteiger partial charge is 0.292 e. The predicted molar refractivity (Wildman–Crippen MR) is 112 cm³/mol. The van der Waals surface area contributed by atoms with Crippen molar-refractivity contribution >= 4 is 31.7 Å². The SMILES string of the molecule is Cc1ccc(S(=O)(=O)N2C(C(=O)c3ccccc3)C2c2ccccc2Br)cc1. The van der Waals surface area contributed by atoms with E-state index in [1.54, 1.807) is 48.5 Å². The fraction of sp³-hybridized carbons (Fsp3) is 0.136. The average Bonchev–Trinajstić information content (AvgIpc) is 3.45. The molecule has 142 valence electrons. The molecule has 3 unspecified atom stereocenters. The van der Waals surface area contributed by atoms with Crippen molar-refractivity contribution in [1.82, 2.24) is 4.31 Å². The molecule has 1 aliphatic heterocycles. The first kappa shape index (κ1) is 19.1. The number of nitrogens with zero attached hydrogens (tertiary/aromatic N) is 1. The van der Waals surface area contributed by atoms with E-state index in [4.69, 9.17) is 0 Å². The van der Waals surface area contributed by atoms with Crippen LogP contribution in [0, 0.1) is 6.92 Å². The molecule has 0 spiro atoms. The molecule has 3 aromatic carbocycles. The van der Waals surface area contributed by atoms with Crippen LogP contribution in [0.2, 0.25) is 0 Å². The molecule has 0 aromatic heterocycles. The highest BCUT2D eigenvalue weighted by molar-refractivity contribution is 9.10. The van der Waals surface area contributed by atoms with E-state index in [1.807, 2.05) is 37.3 Å². The molecule has 0 saturated carbocycles. The topological polar surface area (TPSA) is 54.2 Å². The zero-order valence-electron chi connectivity index (χ0n) is 15.1. The lowest BCUT2D eigenvalue weighted by atomic mass is 10.0. The summed E-state index contributed by atoms with van der Waals surface area (Å²) < 4.78 is 28.7. The third kappa shape index (κ3) is 3.32. The molecule has 4 rings (SSSR count). The van der Waals surface area contributed by atoms with E-state index < -0.39 is 22.1 Å². The first-order chi connectivity index (χ1) is 13.4. The fourth-order valence-electron chi connectivity index (χ4n) is 3.40. The van der Waals surface area contributed by atoms with Gasteiger partial charge in [-0.05, 0) is 30.7 Å². The number of aryl methyl sites for hydroxylation is 1. The van der Waals surface area contributed by atoms with Gasteiger partial charge in [0.05, 0.1) is 10.9 Å². The summed E-state index contributed by atoms with van der Waals surface area (Å²) in [6, 6.07) is 21.6. The molecule has 3 atom stereocenters. The molecule has 1 fully saturated rings.